The summed E-state index contributed by atoms with van der Waals surface area (Å²) in [6, 6.07) is -0.578. The first-order valence-corrected chi connectivity index (χ1v) is 13.6. The Bertz CT molecular complexity index is 689. The van der Waals surface area contributed by atoms with Gasteiger partial charge in [-0.1, -0.05) is 12.8 Å². The van der Waals surface area contributed by atoms with Crippen molar-refractivity contribution in [2.24, 2.45) is 0 Å². The Balaban J connectivity index is 3.45. The van der Waals surface area contributed by atoms with E-state index in [2.05, 4.69) is 16.0 Å². The Morgan fingerprint density at radius 2 is 1.26 bits per heavy atom. The second-order valence-electron chi connectivity index (χ2n) is 9.05. The molecular weight excluding hydrogens is 498 g/mol. The predicted octanol–water partition coefficient (Wildman–Crippen LogP) is 1.65. The van der Waals surface area contributed by atoms with Gasteiger partial charge in [-0.2, -0.15) is 0 Å². The molecule has 0 aliphatic rings. The highest BCUT2D eigenvalue weighted by Gasteiger charge is 2.13. The molecule has 0 saturated heterocycles. The van der Waals surface area contributed by atoms with Crippen molar-refractivity contribution in [2.75, 3.05) is 46.6 Å². The first kappa shape index (κ1) is 35.4. The molecule has 12 nitrogen and oxygen atoms in total. The number of ether oxygens (including phenoxy) is 2. The zero-order valence-electron chi connectivity index (χ0n) is 22.8. The number of hydrogen-bond donors (Lipinski definition) is 5. The van der Waals surface area contributed by atoms with Crippen molar-refractivity contribution in [3.05, 3.63) is 0 Å². The van der Waals surface area contributed by atoms with Crippen molar-refractivity contribution in [3.63, 3.8) is 0 Å². The fraction of sp³-hybridized carbons (Fsp3) is 0.808. The highest BCUT2D eigenvalue weighted by atomic mass is 16.5. The lowest BCUT2D eigenvalue weighted by Crippen LogP contribution is -2.33. The number of amides is 2. The van der Waals surface area contributed by atoms with Crippen LogP contribution in [0, 0.1) is 0 Å². The number of aliphatic carboxylic acids is 2. The van der Waals surface area contributed by atoms with Gasteiger partial charge in [0, 0.05) is 51.8 Å². The van der Waals surface area contributed by atoms with Gasteiger partial charge in [-0.25, -0.2) is 0 Å². The molecule has 0 radical (unpaired) electrons. The normalized spacial score (nSPS) is 11.6. The summed E-state index contributed by atoms with van der Waals surface area (Å²) in [5.41, 5.74) is 0. The second kappa shape index (κ2) is 24.7. The van der Waals surface area contributed by atoms with Crippen LogP contribution in [0.3, 0.4) is 0 Å². The lowest BCUT2D eigenvalue weighted by atomic mass is 10.1. The van der Waals surface area contributed by atoms with Crippen molar-refractivity contribution in [1.82, 2.24) is 16.0 Å². The summed E-state index contributed by atoms with van der Waals surface area (Å²) in [6.45, 7) is 2.47. The van der Waals surface area contributed by atoms with Crippen LogP contribution < -0.4 is 16.0 Å². The monoisotopic (exact) mass is 545 g/mol. The fourth-order valence-corrected chi connectivity index (χ4v) is 3.52. The average molecular weight is 546 g/mol. The number of carbonyl (C=O) groups excluding carboxylic acids is 3. The molecule has 0 aliphatic carbocycles. The largest absolute Gasteiger partial charge is 0.481 e. The van der Waals surface area contributed by atoms with E-state index in [1.54, 1.807) is 7.05 Å². The summed E-state index contributed by atoms with van der Waals surface area (Å²) in [5, 5.41) is 25.8. The molecule has 5 N–H and O–H groups in total. The third kappa shape index (κ3) is 23.8. The van der Waals surface area contributed by atoms with E-state index in [0.29, 0.717) is 84.5 Å². The Hall–Kier alpha value is -2.57. The number of likely N-dealkylation sites (N-methyl/N-ethyl adjacent to an activating group) is 1. The van der Waals surface area contributed by atoms with Crippen LogP contribution in [0.1, 0.15) is 83.5 Å². The number of Topliss-reactive ketones (excluding diaryl/α,β-unsaturated/α-hetero) is 1. The fourth-order valence-electron chi connectivity index (χ4n) is 3.52. The smallest absolute Gasteiger partial charge is 0.320 e. The molecule has 2 amide bonds. The molecule has 0 fully saturated rings. The zero-order chi connectivity index (χ0) is 28.4. The van der Waals surface area contributed by atoms with Gasteiger partial charge in [0.2, 0.25) is 11.8 Å². The Morgan fingerprint density at radius 1 is 0.632 bits per heavy atom. The van der Waals surface area contributed by atoms with Crippen LogP contribution in [0.15, 0.2) is 0 Å². The Kier molecular flexibility index (Phi) is 23.1. The van der Waals surface area contributed by atoms with Gasteiger partial charge >= 0.3 is 11.9 Å². The topological polar surface area (TPSA) is 180 Å². The van der Waals surface area contributed by atoms with Crippen molar-refractivity contribution >= 4 is 29.5 Å². The van der Waals surface area contributed by atoms with E-state index in [9.17, 15) is 24.0 Å². The first-order chi connectivity index (χ1) is 18.3. The highest BCUT2D eigenvalue weighted by molar-refractivity contribution is 5.84. The number of ketones is 1. The maximum absolute atomic E-state index is 11.9. The van der Waals surface area contributed by atoms with Crippen LogP contribution in [0.5, 0.6) is 0 Å². The van der Waals surface area contributed by atoms with Crippen LogP contribution in [-0.4, -0.2) is 92.4 Å². The number of carbonyl (C=O) groups is 5. The van der Waals surface area contributed by atoms with Gasteiger partial charge in [-0.15, -0.1) is 0 Å². The summed E-state index contributed by atoms with van der Waals surface area (Å²) in [7, 11) is 1.60. The van der Waals surface area contributed by atoms with Gasteiger partial charge in [0.25, 0.3) is 0 Å². The van der Waals surface area contributed by atoms with Gasteiger partial charge in [0.05, 0.1) is 19.8 Å². The van der Waals surface area contributed by atoms with Crippen LogP contribution in [0.4, 0.5) is 0 Å². The maximum Gasteiger partial charge on any atom is 0.320 e. The summed E-state index contributed by atoms with van der Waals surface area (Å²) in [4.78, 5) is 56.7. The molecule has 0 bridgehead atoms. The minimum atomic E-state index is -0.886. The molecule has 0 aromatic carbocycles. The van der Waals surface area contributed by atoms with E-state index < -0.39 is 18.0 Å². The van der Waals surface area contributed by atoms with Gasteiger partial charge in [0.1, 0.15) is 11.8 Å². The lowest BCUT2D eigenvalue weighted by Gasteiger charge is -2.10. The summed E-state index contributed by atoms with van der Waals surface area (Å²) in [5.74, 6) is -1.89. The van der Waals surface area contributed by atoms with Gasteiger partial charge in [-0.3, -0.25) is 24.0 Å². The van der Waals surface area contributed by atoms with Crippen LogP contribution in [0.25, 0.3) is 0 Å². The third-order valence-corrected chi connectivity index (χ3v) is 5.75. The molecule has 0 saturated carbocycles. The van der Waals surface area contributed by atoms with E-state index >= 15 is 0 Å². The summed E-state index contributed by atoms with van der Waals surface area (Å²) >= 11 is 0. The minimum Gasteiger partial charge on any atom is -0.481 e. The molecule has 0 heterocycles. The van der Waals surface area contributed by atoms with E-state index in [1.165, 1.54) is 0 Å². The van der Waals surface area contributed by atoms with Crippen molar-refractivity contribution in [2.45, 2.75) is 89.5 Å². The predicted molar refractivity (Wildman–Crippen MR) is 141 cm³/mol. The summed E-state index contributed by atoms with van der Waals surface area (Å²) in [6.07, 6.45) is 6.73. The third-order valence-electron chi connectivity index (χ3n) is 5.75. The highest BCUT2D eigenvalue weighted by Crippen LogP contribution is 2.05. The van der Waals surface area contributed by atoms with Gasteiger partial charge < -0.3 is 35.6 Å². The number of unbranched alkanes of at least 4 members (excludes halogenated alkanes) is 4. The van der Waals surface area contributed by atoms with Crippen molar-refractivity contribution in [3.8, 4) is 0 Å². The average Bonchev–Trinajstić information content (AvgIpc) is 2.87. The number of rotatable bonds is 27. The van der Waals surface area contributed by atoms with Gasteiger partial charge in [0.15, 0.2) is 0 Å². The summed E-state index contributed by atoms with van der Waals surface area (Å²) < 4.78 is 10.8. The second-order valence-corrected chi connectivity index (χ2v) is 9.05. The molecule has 1 atom stereocenters. The molecule has 12 heteroatoms. The minimum absolute atomic E-state index is 0.00863. The van der Waals surface area contributed by atoms with Gasteiger partial charge in [-0.05, 0) is 45.6 Å². The van der Waals surface area contributed by atoms with Crippen molar-refractivity contribution in [1.29, 1.82) is 0 Å². The lowest BCUT2D eigenvalue weighted by molar-refractivity contribution is -0.139. The van der Waals surface area contributed by atoms with Crippen molar-refractivity contribution < 1.29 is 43.7 Å². The number of nitrogens with one attached hydrogen (secondary N) is 3. The van der Waals surface area contributed by atoms with E-state index in [0.717, 1.165) is 19.3 Å². The van der Waals surface area contributed by atoms with E-state index in [1.807, 2.05) is 0 Å². The van der Waals surface area contributed by atoms with Crippen LogP contribution in [0.2, 0.25) is 0 Å². The molecule has 0 unspecified atom stereocenters. The van der Waals surface area contributed by atoms with Crippen LogP contribution >= 0.6 is 0 Å². The molecule has 0 spiro atoms. The van der Waals surface area contributed by atoms with E-state index in [4.69, 9.17) is 19.7 Å². The molecule has 0 aromatic heterocycles. The molecule has 220 valence electrons. The van der Waals surface area contributed by atoms with Crippen LogP contribution in [-0.2, 0) is 33.4 Å². The molecule has 38 heavy (non-hydrogen) atoms. The SMILES string of the molecule is CN[C@@H](CCCCNC(=O)CCC(=O)CCCOCCOCCNC(=O)CCCCCCC(=O)O)C(=O)O. The molecular formula is C26H47N3O9. The maximum atomic E-state index is 11.9. The zero-order valence-corrected chi connectivity index (χ0v) is 22.8. The Labute approximate surface area is 225 Å². The molecule has 0 aliphatic heterocycles. The Morgan fingerprint density at radius 3 is 1.92 bits per heavy atom. The number of hydrogen-bond acceptors (Lipinski definition) is 8. The molecule has 0 aromatic rings. The standard InChI is InChI=1S/C26H47N3O9/c1-27-22(26(35)36)10-6-7-15-28-24(32)14-13-21(30)9-8-17-37-19-20-38-18-16-29-23(31)11-4-2-3-5-12-25(33)34/h22,27H,2-20H2,1H3,(H,28,32)(H,29,31)(H,33,34)(H,35,36)/t22-/m0/s1. The number of carboxylic acids is 2. The molecule has 0 rings (SSSR count). The van der Waals surface area contributed by atoms with E-state index in [-0.39, 0.29) is 36.9 Å². The quantitative estimate of drug-likeness (QED) is 0.0952. The first-order valence-electron chi connectivity index (χ1n) is 13.6. The number of carboxylic acid groups (broad SMARTS) is 2.